The van der Waals surface area contributed by atoms with Gasteiger partial charge in [0.15, 0.2) is 5.78 Å². The lowest BCUT2D eigenvalue weighted by Gasteiger charge is -2.47. The zero-order chi connectivity index (χ0) is 26.9. The Kier molecular flexibility index (Phi) is 5.59. The number of hydrogen-bond acceptors (Lipinski definition) is 6. The van der Waals surface area contributed by atoms with Crippen LogP contribution in [0.3, 0.4) is 0 Å². The molecule has 3 N–H and O–H groups in total. The highest BCUT2D eigenvalue weighted by atomic mass is 16.5. The van der Waals surface area contributed by atoms with E-state index in [1.165, 1.54) is 0 Å². The van der Waals surface area contributed by atoms with E-state index < -0.39 is 17.3 Å². The normalized spacial score (nSPS) is 22.3. The second-order valence-corrected chi connectivity index (χ2v) is 11.1. The molecule has 7 heteroatoms. The second kappa shape index (κ2) is 8.33. The van der Waals surface area contributed by atoms with Crippen LogP contribution in [0.1, 0.15) is 55.9 Å². The molecule has 1 atom stereocenters. The summed E-state index contributed by atoms with van der Waals surface area (Å²) in [4.78, 5) is 43.8. The van der Waals surface area contributed by atoms with Crippen molar-refractivity contribution in [1.82, 2.24) is 0 Å². The Morgan fingerprint density at radius 2 is 1.84 bits per heavy atom. The van der Waals surface area contributed by atoms with Gasteiger partial charge in [0, 0.05) is 28.9 Å². The molecule has 192 valence electrons. The minimum atomic E-state index is -1.69. The van der Waals surface area contributed by atoms with Gasteiger partial charge in [-0.05, 0) is 62.8 Å². The lowest BCUT2D eigenvalue weighted by atomic mass is 9.60. The number of amides is 1. The number of nitrogens with two attached hydrogens (primary N) is 1. The Morgan fingerprint density at radius 1 is 1.11 bits per heavy atom. The molecule has 2 aromatic rings. The van der Waals surface area contributed by atoms with E-state index in [0.29, 0.717) is 28.9 Å². The topological polar surface area (TPSA) is 102 Å². The summed E-state index contributed by atoms with van der Waals surface area (Å²) >= 11 is 0. The van der Waals surface area contributed by atoms with Crippen molar-refractivity contribution >= 4 is 29.0 Å². The fraction of sp³-hybridized carbons (Fsp3) is 0.367. The number of carbonyl (C=O) groups excluding carboxylic acids is 3. The van der Waals surface area contributed by atoms with Crippen molar-refractivity contribution in [2.24, 2.45) is 11.1 Å². The Labute approximate surface area is 217 Å². The number of hydrogen-bond donors (Lipinski definition) is 2. The number of aryl methyl sites for hydroxylation is 2. The van der Waals surface area contributed by atoms with E-state index in [1.807, 2.05) is 75.9 Å². The van der Waals surface area contributed by atoms with E-state index in [0.717, 1.165) is 22.4 Å². The third-order valence-electron chi connectivity index (χ3n) is 7.83. The van der Waals surface area contributed by atoms with Crippen molar-refractivity contribution in [1.29, 1.82) is 0 Å². The average Bonchev–Trinajstić information content (AvgIpc) is 3.07. The van der Waals surface area contributed by atoms with E-state index in [1.54, 1.807) is 6.92 Å². The highest BCUT2D eigenvalue weighted by Gasteiger charge is 2.63. The first-order chi connectivity index (χ1) is 17.4. The Balaban J connectivity index is 1.95. The van der Waals surface area contributed by atoms with Crippen LogP contribution in [-0.2, 0) is 24.5 Å². The molecule has 1 amide bonds. The first-order valence-electron chi connectivity index (χ1n) is 12.7. The Hall–Kier alpha value is -3.87. The van der Waals surface area contributed by atoms with Crippen LogP contribution in [-0.4, -0.2) is 24.3 Å². The minimum absolute atomic E-state index is 0.0103. The SMILES string of the molecule is CCOC(=O)C1=C(N)N(c2cccc(C)c2C)C2=C(C(=O)CC(C)(C)C2)C12C(=O)Nc1ccc(C)cc12. The molecule has 0 fully saturated rings. The summed E-state index contributed by atoms with van der Waals surface area (Å²) in [5, 5.41) is 2.94. The van der Waals surface area contributed by atoms with Crippen LogP contribution in [0.25, 0.3) is 0 Å². The van der Waals surface area contributed by atoms with Crippen molar-refractivity contribution in [3.05, 3.63) is 81.3 Å². The number of allylic oxidation sites excluding steroid dienone is 1. The van der Waals surface area contributed by atoms with E-state index >= 15 is 0 Å². The quantitative estimate of drug-likeness (QED) is 0.594. The number of nitrogens with one attached hydrogen (secondary N) is 1. The van der Waals surface area contributed by atoms with Crippen molar-refractivity contribution in [2.45, 2.75) is 59.8 Å². The Bertz CT molecular complexity index is 1450. The molecule has 0 bridgehead atoms. The number of benzene rings is 2. The van der Waals surface area contributed by atoms with Gasteiger partial charge in [0.2, 0.25) is 5.91 Å². The van der Waals surface area contributed by atoms with Gasteiger partial charge in [-0.1, -0.05) is 43.7 Å². The van der Waals surface area contributed by atoms with Crippen LogP contribution < -0.4 is 16.0 Å². The summed E-state index contributed by atoms with van der Waals surface area (Å²) in [6.07, 6.45) is 0.757. The average molecular weight is 500 g/mol. The van der Waals surface area contributed by atoms with Gasteiger partial charge in [0.05, 0.1) is 12.3 Å². The molecule has 0 radical (unpaired) electrons. The van der Waals surface area contributed by atoms with Crippen molar-refractivity contribution in [2.75, 3.05) is 16.8 Å². The maximum Gasteiger partial charge on any atom is 0.339 e. The lowest BCUT2D eigenvalue weighted by Crippen LogP contribution is -2.54. The first kappa shape index (κ1) is 24.8. The maximum atomic E-state index is 14.1. The van der Waals surface area contributed by atoms with Crippen LogP contribution in [0, 0.1) is 26.2 Å². The van der Waals surface area contributed by atoms with Crippen LogP contribution in [0.2, 0.25) is 0 Å². The zero-order valence-electron chi connectivity index (χ0n) is 22.2. The number of carbonyl (C=O) groups is 3. The van der Waals surface area contributed by atoms with Crippen LogP contribution in [0.5, 0.6) is 0 Å². The number of fused-ring (bicyclic) bond motifs is 3. The number of ether oxygens (including phenoxy) is 1. The first-order valence-corrected chi connectivity index (χ1v) is 12.7. The number of Topliss-reactive ketones (excluding diaryl/α,β-unsaturated/α-hetero) is 1. The van der Waals surface area contributed by atoms with Gasteiger partial charge < -0.3 is 15.8 Å². The molecule has 1 spiro atoms. The smallest absolute Gasteiger partial charge is 0.339 e. The van der Waals surface area contributed by atoms with Gasteiger partial charge >= 0.3 is 5.97 Å². The highest BCUT2D eigenvalue weighted by Crippen LogP contribution is 2.57. The number of nitrogens with zero attached hydrogens (tertiary/aromatic N) is 1. The number of ketones is 1. The lowest BCUT2D eigenvalue weighted by molar-refractivity contribution is -0.140. The molecule has 2 heterocycles. The molecule has 1 aliphatic carbocycles. The van der Waals surface area contributed by atoms with E-state index in [2.05, 4.69) is 5.32 Å². The zero-order valence-corrected chi connectivity index (χ0v) is 22.2. The summed E-state index contributed by atoms with van der Waals surface area (Å²) in [5.41, 5.74) is 10.7. The van der Waals surface area contributed by atoms with Crippen LogP contribution in [0.15, 0.2) is 59.1 Å². The fourth-order valence-electron chi connectivity index (χ4n) is 6.10. The van der Waals surface area contributed by atoms with Gasteiger partial charge in [-0.25, -0.2) is 4.79 Å². The van der Waals surface area contributed by atoms with Crippen LogP contribution >= 0.6 is 0 Å². The molecule has 37 heavy (non-hydrogen) atoms. The number of rotatable bonds is 3. The molecule has 0 saturated heterocycles. The van der Waals surface area contributed by atoms with E-state index in [-0.39, 0.29) is 35.6 Å². The number of esters is 1. The summed E-state index contributed by atoms with van der Waals surface area (Å²) in [7, 11) is 0. The third-order valence-corrected chi connectivity index (χ3v) is 7.83. The third kappa shape index (κ3) is 3.44. The molecule has 0 aromatic heterocycles. The molecule has 0 saturated carbocycles. The van der Waals surface area contributed by atoms with Gasteiger partial charge in [-0.2, -0.15) is 0 Å². The number of anilines is 2. The van der Waals surface area contributed by atoms with Crippen molar-refractivity contribution in [3.8, 4) is 0 Å². The van der Waals surface area contributed by atoms with E-state index in [4.69, 9.17) is 10.5 Å². The minimum Gasteiger partial charge on any atom is -0.462 e. The van der Waals surface area contributed by atoms with E-state index in [9.17, 15) is 14.4 Å². The molecular weight excluding hydrogens is 466 g/mol. The molecule has 2 aromatic carbocycles. The molecule has 5 rings (SSSR count). The van der Waals surface area contributed by atoms with Gasteiger partial charge in [-0.15, -0.1) is 0 Å². The summed E-state index contributed by atoms with van der Waals surface area (Å²) in [5.74, 6) is -1.22. The van der Waals surface area contributed by atoms with Gasteiger partial charge in [-0.3, -0.25) is 14.5 Å². The monoisotopic (exact) mass is 499 g/mol. The largest absolute Gasteiger partial charge is 0.462 e. The van der Waals surface area contributed by atoms with Gasteiger partial charge in [0.1, 0.15) is 16.8 Å². The van der Waals surface area contributed by atoms with Crippen LogP contribution in [0.4, 0.5) is 11.4 Å². The summed E-state index contributed by atoms with van der Waals surface area (Å²) < 4.78 is 5.51. The van der Waals surface area contributed by atoms with Gasteiger partial charge in [0.25, 0.3) is 0 Å². The molecule has 1 unspecified atom stereocenters. The predicted molar refractivity (Wildman–Crippen MR) is 143 cm³/mol. The standard InChI is InChI=1S/C30H33N3O4/c1-7-37-27(35)25-26(31)33(21-10-8-9-17(3)18(21)4)22-14-29(5,6)15-23(34)24(22)30(25)19-13-16(2)11-12-20(19)32-28(30)36/h8-13H,7,14-15,31H2,1-6H3,(H,32,36). The summed E-state index contributed by atoms with van der Waals surface area (Å²) in [6.45, 7) is 11.8. The molecular formula is C30H33N3O4. The Morgan fingerprint density at radius 3 is 2.54 bits per heavy atom. The molecule has 3 aliphatic rings. The van der Waals surface area contributed by atoms with Crippen molar-refractivity contribution in [3.63, 3.8) is 0 Å². The summed E-state index contributed by atoms with van der Waals surface area (Å²) in [6, 6.07) is 11.4. The highest BCUT2D eigenvalue weighted by molar-refractivity contribution is 6.23. The predicted octanol–water partition coefficient (Wildman–Crippen LogP) is 4.70. The molecule has 7 nitrogen and oxygen atoms in total. The molecule has 2 aliphatic heterocycles. The second-order valence-electron chi connectivity index (χ2n) is 11.1. The van der Waals surface area contributed by atoms with Crippen molar-refractivity contribution < 1.29 is 19.1 Å². The fourth-order valence-corrected chi connectivity index (χ4v) is 6.10. The maximum absolute atomic E-state index is 14.1.